The quantitative estimate of drug-likeness (QED) is 0.562. The molecule has 1 N–H and O–H groups in total. The zero-order chi connectivity index (χ0) is 19.7. The summed E-state index contributed by atoms with van der Waals surface area (Å²) >= 11 is 0. The lowest BCUT2D eigenvalue weighted by Gasteiger charge is -2.12. The van der Waals surface area contributed by atoms with Crippen LogP contribution in [0.1, 0.15) is 5.56 Å². The van der Waals surface area contributed by atoms with Gasteiger partial charge in [-0.3, -0.25) is 4.79 Å². The Morgan fingerprint density at radius 1 is 0.929 bits per heavy atom. The zero-order valence-corrected chi connectivity index (χ0v) is 14.4. The van der Waals surface area contributed by atoms with E-state index in [1.807, 2.05) is 0 Å². The molecule has 7 heteroatoms. The second kappa shape index (κ2) is 7.19. The maximum absolute atomic E-state index is 13.8. The van der Waals surface area contributed by atoms with Crippen LogP contribution in [0, 0.1) is 17.5 Å². The molecule has 0 bridgehead atoms. The fourth-order valence-corrected chi connectivity index (χ4v) is 2.83. The van der Waals surface area contributed by atoms with Gasteiger partial charge in [0.25, 0.3) is 5.56 Å². The molecule has 4 aromatic rings. The van der Waals surface area contributed by atoms with Gasteiger partial charge in [-0.15, -0.1) is 0 Å². The minimum absolute atomic E-state index is 0.0184. The van der Waals surface area contributed by atoms with Crippen LogP contribution >= 0.6 is 0 Å². The number of fused-ring (bicyclic) bond motifs is 1. The van der Waals surface area contributed by atoms with E-state index in [4.69, 9.17) is 4.74 Å². The van der Waals surface area contributed by atoms with Crippen LogP contribution in [-0.4, -0.2) is 9.97 Å². The van der Waals surface area contributed by atoms with E-state index in [9.17, 15) is 18.0 Å². The Morgan fingerprint density at radius 3 is 2.54 bits per heavy atom. The number of hydrogen-bond donors (Lipinski definition) is 1. The zero-order valence-electron chi connectivity index (χ0n) is 14.4. The van der Waals surface area contributed by atoms with Crippen LogP contribution in [0.4, 0.5) is 13.2 Å². The summed E-state index contributed by atoms with van der Waals surface area (Å²) in [5, 5.41) is 0.415. The maximum atomic E-state index is 13.8. The van der Waals surface area contributed by atoms with Crippen molar-refractivity contribution in [2.75, 3.05) is 0 Å². The Morgan fingerprint density at radius 2 is 1.68 bits per heavy atom. The summed E-state index contributed by atoms with van der Waals surface area (Å²) < 4.78 is 46.5. The number of H-pyrrole nitrogens is 1. The lowest BCUT2D eigenvalue weighted by Crippen LogP contribution is -2.10. The predicted molar refractivity (Wildman–Crippen MR) is 98.4 cm³/mol. The Hall–Kier alpha value is -3.61. The molecular weight excluding hydrogens is 369 g/mol. The summed E-state index contributed by atoms with van der Waals surface area (Å²) in [6, 6.07) is 13.5. The van der Waals surface area contributed by atoms with Gasteiger partial charge in [-0.25, -0.2) is 18.2 Å². The van der Waals surface area contributed by atoms with Crippen molar-refractivity contribution in [1.29, 1.82) is 0 Å². The molecule has 4 nitrogen and oxygen atoms in total. The van der Waals surface area contributed by atoms with Crippen LogP contribution in [0.25, 0.3) is 22.3 Å². The van der Waals surface area contributed by atoms with Crippen LogP contribution in [0.15, 0.2) is 65.5 Å². The van der Waals surface area contributed by atoms with Crippen molar-refractivity contribution < 1.29 is 17.9 Å². The molecule has 140 valence electrons. The fourth-order valence-electron chi connectivity index (χ4n) is 2.83. The molecule has 0 aliphatic carbocycles. The van der Waals surface area contributed by atoms with Crippen molar-refractivity contribution in [3.8, 4) is 17.1 Å². The molecule has 0 atom stereocenters. The highest BCUT2D eigenvalue weighted by Gasteiger charge is 2.14. The number of hydrogen-bond acceptors (Lipinski definition) is 3. The molecule has 0 aliphatic rings. The first kappa shape index (κ1) is 17.8. The number of ether oxygens (including phenoxy) is 1. The molecule has 0 fully saturated rings. The lowest BCUT2D eigenvalue weighted by molar-refractivity contribution is 0.298. The third-order valence-electron chi connectivity index (χ3n) is 4.20. The summed E-state index contributed by atoms with van der Waals surface area (Å²) in [5.74, 6) is -1.61. The van der Waals surface area contributed by atoms with Gasteiger partial charge in [-0.05, 0) is 42.5 Å². The van der Waals surface area contributed by atoms with Crippen molar-refractivity contribution in [3.05, 3.63) is 94.0 Å². The van der Waals surface area contributed by atoms with Crippen LogP contribution in [0.2, 0.25) is 0 Å². The van der Waals surface area contributed by atoms with Crippen molar-refractivity contribution in [1.82, 2.24) is 9.97 Å². The SMILES string of the molecule is O=c1[nH]c(-c2ccc(F)cc2OCc2cc(F)ccc2F)nc2ccccc12. The average Bonchev–Trinajstić information content (AvgIpc) is 2.69. The topological polar surface area (TPSA) is 55.0 Å². The molecular formula is C21H13F3N2O2. The minimum Gasteiger partial charge on any atom is -0.488 e. The van der Waals surface area contributed by atoms with Gasteiger partial charge in [-0.1, -0.05) is 12.1 Å². The van der Waals surface area contributed by atoms with E-state index in [1.165, 1.54) is 12.1 Å². The van der Waals surface area contributed by atoms with Crippen molar-refractivity contribution >= 4 is 10.9 Å². The van der Waals surface area contributed by atoms with Gasteiger partial charge in [0.1, 0.15) is 35.6 Å². The third kappa shape index (κ3) is 3.46. The number of nitrogens with one attached hydrogen (secondary N) is 1. The highest BCUT2D eigenvalue weighted by atomic mass is 19.1. The number of halogens is 3. The fraction of sp³-hybridized carbons (Fsp3) is 0.0476. The molecule has 0 unspecified atom stereocenters. The Balaban J connectivity index is 1.75. The number of aromatic nitrogens is 2. The molecule has 0 radical (unpaired) electrons. The van der Waals surface area contributed by atoms with E-state index in [0.29, 0.717) is 16.5 Å². The molecule has 0 spiro atoms. The largest absolute Gasteiger partial charge is 0.488 e. The molecule has 28 heavy (non-hydrogen) atoms. The van der Waals surface area contributed by atoms with Crippen LogP contribution in [-0.2, 0) is 6.61 Å². The first-order valence-electron chi connectivity index (χ1n) is 8.37. The van der Waals surface area contributed by atoms with Gasteiger partial charge in [0.2, 0.25) is 0 Å². The number of benzene rings is 3. The molecule has 1 aromatic heterocycles. The first-order chi connectivity index (χ1) is 13.5. The van der Waals surface area contributed by atoms with Gasteiger partial charge in [0.15, 0.2) is 0 Å². The van der Waals surface area contributed by atoms with Gasteiger partial charge in [0.05, 0.1) is 16.5 Å². The van der Waals surface area contributed by atoms with E-state index >= 15 is 0 Å². The number of aromatic amines is 1. The third-order valence-corrected chi connectivity index (χ3v) is 4.20. The Bertz CT molecular complexity index is 1240. The van der Waals surface area contributed by atoms with E-state index in [1.54, 1.807) is 24.3 Å². The second-order valence-corrected chi connectivity index (χ2v) is 6.10. The van der Waals surface area contributed by atoms with Crippen molar-refractivity contribution in [2.45, 2.75) is 6.61 Å². The summed E-state index contributed by atoms with van der Waals surface area (Å²) in [6.45, 7) is -0.322. The molecule has 4 rings (SSSR count). The number of rotatable bonds is 4. The number of nitrogens with zero attached hydrogens (tertiary/aromatic N) is 1. The predicted octanol–water partition coefficient (Wildman–Crippen LogP) is 4.59. The first-order valence-corrected chi connectivity index (χ1v) is 8.37. The molecule has 0 amide bonds. The van der Waals surface area contributed by atoms with Gasteiger partial charge in [-0.2, -0.15) is 0 Å². The summed E-state index contributed by atoms with van der Waals surface area (Å²) in [4.78, 5) is 19.3. The molecule has 0 saturated carbocycles. The minimum atomic E-state index is -0.642. The second-order valence-electron chi connectivity index (χ2n) is 6.10. The van der Waals surface area contributed by atoms with E-state index in [0.717, 1.165) is 24.3 Å². The summed E-state index contributed by atoms with van der Waals surface area (Å²) in [5.41, 5.74) is 0.413. The smallest absolute Gasteiger partial charge is 0.259 e. The lowest BCUT2D eigenvalue weighted by atomic mass is 10.1. The van der Waals surface area contributed by atoms with E-state index in [2.05, 4.69) is 9.97 Å². The highest BCUT2D eigenvalue weighted by Crippen LogP contribution is 2.29. The Labute approximate surface area is 157 Å². The number of para-hydroxylation sites is 1. The standard InChI is InChI=1S/C21H13F3N2O2/c22-13-6-8-17(24)12(9-13)11-28-19-10-14(23)5-7-16(19)20-25-18-4-2-1-3-15(18)21(27)26-20/h1-10H,11H2,(H,25,26,27). The van der Waals surface area contributed by atoms with Crippen molar-refractivity contribution in [2.24, 2.45) is 0 Å². The monoisotopic (exact) mass is 382 g/mol. The summed E-state index contributed by atoms with van der Waals surface area (Å²) in [6.07, 6.45) is 0. The Kier molecular flexibility index (Phi) is 4.57. The normalized spacial score (nSPS) is 11.0. The van der Waals surface area contributed by atoms with Gasteiger partial charge >= 0.3 is 0 Å². The summed E-state index contributed by atoms with van der Waals surface area (Å²) in [7, 11) is 0. The van der Waals surface area contributed by atoms with Gasteiger partial charge < -0.3 is 9.72 Å². The molecule has 3 aromatic carbocycles. The highest BCUT2D eigenvalue weighted by molar-refractivity contribution is 5.80. The molecule has 1 heterocycles. The van der Waals surface area contributed by atoms with Crippen molar-refractivity contribution in [3.63, 3.8) is 0 Å². The average molecular weight is 382 g/mol. The van der Waals surface area contributed by atoms with Crippen LogP contribution < -0.4 is 10.3 Å². The van der Waals surface area contributed by atoms with Crippen LogP contribution in [0.5, 0.6) is 5.75 Å². The maximum Gasteiger partial charge on any atom is 0.259 e. The molecule has 0 aliphatic heterocycles. The van der Waals surface area contributed by atoms with E-state index in [-0.39, 0.29) is 29.3 Å². The van der Waals surface area contributed by atoms with E-state index < -0.39 is 17.5 Å². The van der Waals surface area contributed by atoms with Crippen LogP contribution in [0.3, 0.4) is 0 Å². The molecule has 0 saturated heterocycles. The van der Waals surface area contributed by atoms with Gasteiger partial charge in [0, 0.05) is 11.6 Å².